The molecule has 4 rings (SSSR count). The van der Waals surface area contributed by atoms with Gasteiger partial charge in [0, 0.05) is 30.2 Å². The molecular weight excluding hydrogens is 374 g/mol. The molecule has 9 heteroatoms. The van der Waals surface area contributed by atoms with Gasteiger partial charge >= 0.3 is 6.03 Å². The van der Waals surface area contributed by atoms with Crippen molar-refractivity contribution in [1.82, 2.24) is 24.8 Å². The summed E-state index contributed by atoms with van der Waals surface area (Å²) in [5.41, 5.74) is -1.07. The quantitative estimate of drug-likeness (QED) is 0.455. The molecule has 3 N–H and O–H groups in total. The first-order valence-electron chi connectivity index (χ1n) is 8.84. The molecule has 1 saturated heterocycles. The van der Waals surface area contributed by atoms with E-state index in [2.05, 4.69) is 27.5 Å². The van der Waals surface area contributed by atoms with Crippen LogP contribution in [0.1, 0.15) is 11.5 Å². The number of carbonyl (C=O) groups excluding carboxylic acids is 2. The van der Waals surface area contributed by atoms with Gasteiger partial charge in [0.1, 0.15) is 17.3 Å². The molecule has 0 unspecified atom stereocenters. The summed E-state index contributed by atoms with van der Waals surface area (Å²) in [4.78, 5) is 28.7. The summed E-state index contributed by atoms with van der Waals surface area (Å²) >= 11 is 0. The summed E-state index contributed by atoms with van der Waals surface area (Å²) in [5, 5.41) is 16.8. The number of methoxy groups -OCH3 is 1. The second-order valence-electron chi connectivity index (χ2n) is 6.88. The molecule has 3 heterocycles. The summed E-state index contributed by atoms with van der Waals surface area (Å²) < 4.78 is 8.48. The van der Waals surface area contributed by atoms with Gasteiger partial charge in [0.2, 0.25) is 5.54 Å². The molecule has 0 saturated carbocycles. The van der Waals surface area contributed by atoms with Crippen molar-refractivity contribution in [3.8, 4) is 23.5 Å². The summed E-state index contributed by atoms with van der Waals surface area (Å²) in [5.74, 6) is 6.43. The maximum atomic E-state index is 12.6. The molecule has 1 aromatic carbocycles. The number of benzene rings is 1. The highest BCUT2D eigenvalue weighted by atomic mass is 16.5. The van der Waals surface area contributed by atoms with E-state index in [1.807, 2.05) is 18.5 Å². The molecule has 0 radical (unpaired) electrons. The van der Waals surface area contributed by atoms with Gasteiger partial charge in [-0.25, -0.2) is 9.78 Å². The largest absolute Gasteiger partial charge is 0.497 e. The van der Waals surface area contributed by atoms with Gasteiger partial charge in [-0.2, -0.15) is 0 Å². The second kappa shape index (κ2) is 6.60. The number of fused-ring (bicyclic) bond motifs is 1. The van der Waals surface area contributed by atoms with Crippen LogP contribution in [0.2, 0.25) is 0 Å². The van der Waals surface area contributed by atoms with Crippen LogP contribution in [0.5, 0.6) is 11.6 Å². The number of nitrogens with zero attached hydrogens (tertiary/aromatic N) is 3. The zero-order valence-corrected chi connectivity index (χ0v) is 16.1. The highest BCUT2D eigenvalue weighted by molar-refractivity contribution is 6.09. The van der Waals surface area contributed by atoms with E-state index in [1.165, 1.54) is 11.7 Å². The predicted octanol–water partition coefficient (Wildman–Crippen LogP) is 1.03. The standard InChI is InChI=1S/C20H19N5O4/c1-12-21-14(10-24(12)2)6-7-20(18(27)22-19(28)23-20)11-25-9-13-4-5-15(29-3)8-16(13)17(25)26/h4-5,8-10,26H,11H2,1-3H3,(H2,22,23,27,28)/t20-/m1/s1. The molecular formula is C20H19N5O4. The molecule has 1 fully saturated rings. The number of hydrogen-bond donors (Lipinski definition) is 3. The monoisotopic (exact) mass is 393 g/mol. The fourth-order valence-corrected chi connectivity index (χ4v) is 3.25. The molecule has 0 spiro atoms. The maximum Gasteiger partial charge on any atom is 0.323 e. The van der Waals surface area contributed by atoms with Crippen molar-refractivity contribution >= 4 is 22.7 Å². The Labute approximate surface area is 166 Å². The minimum absolute atomic E-state index is 0.0531. The number of ether oxygens (including phenoxy) is 1. The van der Waals surface area contributed by atoms with Gasteiger partial charge in [0.05, 0.1) is 13.7 Å². The Bertz CT molecular complexity index is 1190. The Kier molecular flexibility index (Phi) is 4.19. The van der Waals surface area contributed by atoms with Crippen LogP contribution in [0.15, 0.2) is 30.6 Å². The fourth-order valence-electron chi connectivity index (χ4n) is 3.25. The molecule has 0 aliphatic carbocycles. The summed E-state index contributed by atoms with van der Waals surface area (Å²) in [6.45, 7) is 1.76. The number of carbonyl (C=O) groups is 2. The molecule has 1 atom stereocenters. The van der Waals surface area contributed by atoms with E-state index < -0.39 is 17.5 Å². The smallest absolute Gasteiger partial charge is 0.323 e. The first kappa shape index (κ1) is 18.4. The van der Waals surface area contributed by atoms with E-state index in [0.717, 1.165) is 11.2 Å². The lowest BCUT2D eigenvalue weighted by Crippen LogP contribution is -2.49. The van der Waals surface area contributed by atoms with Crippen molar-refractivity contribution in [2.24, 2.45) is 7.05 Å². The third-order valence-corrected chi connectivity index (χ3v) is 4.93. The van der Waals surface area contributed by atoms with Crippen LogP contribution >= 0.6 is 0 Å². The number of aryl methyl sites for hydroxylation is 2. The van der Waals surface area contributed by atoms with Gasteiger partial charge < -0.3 is 24.3 Å². The molecule has 0 bridgehead atoms. The number of aromatic hydroxyl groups is 1. The van der Waals surface area contributed by atoms with Crippen molar-refractivity contribution in [2.45, 2.75) is 19.0 Å². The van der Waals surface area contributed by atoms with E-state index in [-0.39, 0.29) is 12.4 Å². The number of hydrogen-bond acceptors (Lipinski definition) is 5. The normalized spacial score (nSPS) is 18.3. The third-order valence-electron chi connectivity index (χ3n) is 4.93. The third kappa shape index (κ3) is 3.14. The van der Waals surface area contributed by atoms with Gasteiger partial charge in [0.15, 0.2) is 5.88 Å². The van der Waals surface area contributed by atoms with Crippen molar-refractivity contribution in [3.63, 3.8) is 0 Å². The first-order valence-corrected chi connectivity index (χ1v) is 8.84. The average Bonchev–Trinajstić information content (AvgIpc) is 3.27. The summed E-state index contributed by atoms with van der Waals surface area (Å²) in [6, 6.07) is 4.63. The topological polar surface area (TPSA) is 110 Å². The number of imidazole rings is 1. The van der Waals surface area contributed by atoms with Crippen molar-refractivity contribution in [3.05, 3.63) is 42.1 Å². The Morgan fingerprint density at radius 3 is 2.72 bits per heavy atom. The van der Waals surface area contributed by atoms with Crippen LogP contribution in [-0.4, -0.2) is 43.8 Å². The molecule has 3 amide bonds. The van der Waals surface area contributed by atoms with Crippen molar-refractivity contribution < 1.29 is 19.4 Å². The molecule has 9 nitrogen and oxygen atoms in total. The number of nitrogens with one attached hydrogen (secondary N) is 2. The van der Waals surface area contributed by atoms with Crippen LogP contribution < -0.4 is 15.4 Å². The average molecular weight is 393 g/mol. The number of urea groups is 1. The predicted molar refractivity (Wildman–Crippen MR) is 104 cm³/mol. The van der Waals surface area contributed by atoms with E-state index in [1.54, 1.807) is 30.6 Å². The minimum Gasteiger partial charge on any atom is -0.497 e. The zero-order chi connectivity index (χ0) is 20.8. The Morgan fingerprint density at radius 1 is 1.31 bits per heavy atom. The second-order valence-corrected chi connectivity index (χ2v) is 6.88. The number of amides is 3. The number of imide groups is 1. The first-order chi connectivity index (χ1) is 13.8. The van der Waals surface area contributed by atoms with E-state index in [4.69, 9.17) is 4.74 Å². The highest BCUT2D eigenvalue weighted by Crippen LogP contribution is 2.31. The lowest BCUT2D eigenvalue weighted by molar-refractivity contribution is -0.122. The van der Waals surface area contributed by atoms with Crippen LogP contribution in [0.3, 0.4) is 0 Å². The van der Waals surface area contributed by atoms with Crippen LogP contribution in [0.25, 0.3) is 10.8 Å². The molecule has 29 heavy (non-hydrogen) atoms. The summed E-state index contributed by atoms with van der Waals surface area (Å²) in [7, 11) is 3.38. The maximum absolute atomic E-state index is 12.6. The van der Waals surface area contributed by atoms with E-state index >= 15 is 0 Å². The molecule has 148 valence electrons. The van der Waals surface area contributed by atoms with Gasteiger partial charge in [0.25, 0.3) is 5.91 Å². The van der Waals surface area contributed by atoms with Gasteiger partial charge in [-0.1, -0.05) is 5.92 Å². The van der Waals surface area contributed by atoms with Gasteiger partial charge in [-0.15, -0.1) is 0 Å². The van der Waals surface area contributed by atoms with Crippen LogP contribution in [-0.2, 0) is 18.4 Å². The Morgan fingerprint density at radius 2 is 2.10 bits per heavy atom. The highest BCUT2D eigenvalue weighted by Gasteiger charge is 2.46. The lowest BCUT2D eigenvalue weighted by atomic mass is 10.0. The Hall–Kier alpha value is -3.93. The van der Waals surface area contributed by atoms with Gasteiger partial charge in [-0.3, -0.25) is 10.1 Å². The fraction of sp³-hybridized carbons (Fsp3) is 0.250. The van der Waals surface area contributed by atoms with E-state index in [0.29, 0.717) is 16.8 Å². The molecule has 3 aromatic rings. The lowest BCUT2D eigenvalue weighted by Gasteiger charge is -2.20. The van der Waals surface area contributed by atoms with Crippen molar-refractivity contribution in [2.75, 3.05) is 7.11 Å². The minimum atomic E-state index is -1.54. The van der Waals surface area contributed by atoms with Gasteiger partial charge in [-0.05, 0) is 31.0 Å². The molecule has 1 aliphatic rings. The van der Waals surface area contributed by atoms with E-state index in [9.17, 15) is 14.7 Å². The molecule has 2 aromatic heterocycles. The SMILES string of the molecule is COc1ccc2cn(C[C@@]3(C#Cc4cn(C)c(C)n4)NC(=O)NC3=O)c(O)c2c1. The zero-order valence-electron chi connectivity index (χ0n) is 16.1. The number of aromatic nitrogens is 3. The summed E-state index contributed by atoms with van der Waals surface area (Å²) in [6.07, 6.45) is 3.43. The molecule has 1 aliphatic heterocycles. The number of rotatable bonds is 3. The van der Waals surface area contributed by atoms with Crippen LogP contribution in [0, 0.1) is 18.8 Å². The Balaban J connectivity index is 1.76. The van der Waals surface area contributed by atoms with Crippen LogP contribution in [0.4, 0.5) is 4.79 Å². The van der Waals surface area contributed by atoms with Crippen molar-refractivity contribution in [1.29, 1.82) is 0 Å².